The van der Waals surface area contributed by atoms with E-state index in [0.717, 1.165) is 57.2 Å². The number of nitrogens with zero attached hydrogens (tertiary/aromatic N) is 3. The molecule has 1 amide bonds. The van der Waals surface area contributed by atoms with Crippen molar-refractivity contribution in [2.75, 3.05) is 31.2 Å². The zero-order valence-corrected chi connectivity index (χ0v) is 24.8. The normalized spacial score (nSPS) is 11.5. The molecule has 0 unspecified atom stereocenters. The molecule has 0 aliphatic heterocycles. The number of pyridine rings is 2. The minimum absolute atomic E-state index is 0.206. The summed E-state index contributed by atoms with van der Waals surface area (Å²) in [4.78, 5) is 21.8. The van der Waals surface area contributed by atoms with E-state index in [9.17, 15) is 4.79 Å². The number of aryl methyl sites for hydroxylation is 1. The quantitative estimate of drug-likeness (QED) is 0.157. The number of aromatic nitrogens is 3. The van der Waals surface area contributed by atoms with Gasteiger partial charge in [-0.05, 0) is 65.9 Å². The first-order valence-electron chi connectivity index (χ1n) is 14.0. The Labute approximate surface area is 253 Å². The summed E-state index contributed by atoms with van der Waals surface area (Å²) in [5, 5.41) is 10.5. The Morgan fingerprint density at radius 1 is 1.12 bits per heavy atom. The number of nitrogens with one attached hydrogen (secondary N) is 2. The van der Waals surface area contributed by atoms with Crippen LogP contribution in [-0.4, -0.2) is 40.6 Å². The van der Waals surface area contributed by atoms with Gasteiger partial charge in [0.05, 0.1) is 12.8 Å². The Hall–Kier alpha value is -4.99. The number of benzene rings is 2. The van der Waals surface area contributed by atoms with Gasteiger partial charge in [-0.2, -0.15) is 0 Å². The third-order valence-corrected chi connectivity index (χ3v) is 8.53. The number of hydrogen-bond acceptors (Lipinski definition) is 7. The molecule has 0 aliphatic rings. The second kappa shape index (κ2) is 12.5. The van der Waals surface area contributed by atoms with Crippen molar-refractivity contribution in [3.05, 3.63) is 108 Å². The molecule has 6 aromatic rings. The average molecular weight is 589 g/mol. The van der Waals surface area contributed by atoms with Crippen molar-refractivity contribution in [2.45, 2.75) is 6.42 Å². The van der Waals surface area contributed by atoms with Gasteiger partial charge in [0.25, 0.3) is 5.91 Å². The highest BCUT2D eigenvalue weighted by Crippen LogP contribution is 2.41. The van der Waals surface area contributed by atoms with Crippen LogP contribution in [0.25, 0.3) is 38.2 Å². The summed E-state index contributed by atoms with van der Waals surface area (Å²) in [5.74, 6) is 0.831. The van der Waals surface area contributed by atoms with Crippen molar-refractivity contribution in [1.82, 2.24) is 19.9 Å². The summed E-state index contributed by atoms with van der Waals surface area (Å²) >= 11 is 1.63. The fraction of sp³-hybridized carbons (Fsp3) is 0.147. The van der Waals surface area contributed by atoms with Crippen LogP contribution < -0.4 is 21.1 Å². The molecule has 9 heteroatoms. The monoisotopic (exact) mass is 588 g/mol. The molecule has 0 fully saturated rings. The van der Waals surface area contributed by atoms with Gasteiger partial charge in [-0.15, -0.1) is 11.3 Å². The van der Waals surface area contributed by atoms with Crippen LogP contribution in [0.15, 0.2) is 90.7 Å². The van der Waals surface area contributed by atoms with Crippen molar-refractivity contribution < 1.29 is 9.53 Å². The van der Waals surface area contributed by atoms with E-state index in [0.29, 0.717) is 22.9 Å². The first-order valence-corrected chi connectivity index (χ1v) is 14.9. The SMILES string of the molecule is COc1cc(-c2csc3c(/C=C/CNCCc4ccncc4)cnc(N)c23)ccc1NC(=O)c1cc2ccccc2n1C. The third-order valence-electron chi connectivity index (χ3n) is 7.50. The topological polar surface area (TPSA) is 107 Å². The maximum atomic E-state index is 13.2. The van der Waals surface area contributed by atoms with E-state index < -0.39 is 0 Å². The van der Waals surface area contributed by atoms with Crippen molar-refractivity contribution in [1.29, 1.82) is 0 Å². The first kappa shape index (κ1) is 28.1. The number of carbonyl (C=O) groups excluding carboxylic acids is 1. The lowest BCUT2D eigenvalue weighted by molar-refractivity contribution is 0.101. The molecule has 0 saturated heterocycles. The van der Waals surface area contributed by atoms with Gasteiger partial charge in [-0.1, -0.05) is 36.4 Å². The molecule has 216 valence electrons. The minimum atomic E-state index is -0.206. The van der Waals surface area contributed by atoms with Crippen LogP contribution in [0, 0.1) is 0 Å². The van der Waals surface area contributed by atoms with E-state index in [1.165, 1.54) is 5.56 Å². The number of para-hydroxylation sites is 1. The summed E-state index contributed by atoms with van der Waals surface area (Å²) < 4.78 is 8.67. The Morgan fingerprint density at radius 3 is 2.77 bits per heavy atom. The molecular formula is C34H32N6O2S. The van der Waals surface area contributed by atoms with Gasteiger partial charge in [0.1, 0.15) is 17.3 Å². The van der Waals surface area contributed by atoms with Gasteiger partial charge in [0, 0.05) is 64.3 Å². The zero-order chi connectivity index (χ0) is 29.8. The largest absolute Gasteiger partial charge is 0.495 e. The van der Waals surface area contributed by atoms with Crippen LogP contribution in [0.5, 0.6) is 5.75 Å². The molecule has 4 heterocycles. The molecule has 4 aromatic heterocycles. The molecule has 0 saturated carbocycles. The smallest absolute Gasteiger partial charge is 0.272 e. The summed E-state index contributed by atoms with van der Waals surface area (Å²) in [5.41, 5.74) is 12.7. The zero-order valence-electron chi connectivity index (χ0n) is 24.0. The molecule has 6 rings (SSSR count). The number of ether oxygens (including phenoxy) is 1. The lowest BCUT2D eigenvalue weighted by atomic mass is 10.0. The number of methoxy groups -OCH3 is 1. The van der Waals surface area contributed by atoms with Gasteiger partial charge in [-0.25, -0.2) is 4.98 Å². The maximum absolute atomic E-state index is 13.2. The number of anilines is 2. The molecule has 0 spiro atoms. The predicted molar refractivity (Wildman–Crippen MR) is 177 cm³/mol. The molecule has 4 N–H and O–H groups in total. The molecule has 8 nitrogen and oxygen atoms in total. The van der Waals surface area contributed by atoms with Gasteiger partial charge >= 0.3 is 0 Å². The fourth-order valence-electron chi connectivity index (χ4n) is 5.23. The maximum Gasteiger partial charge on any atom is 0.272 e. The summed E-state index contributed by atoms with van der Waals surface area (Å²) in [6, 6.07) is 19.6. The molecule has 0 aliphatic carbocycles. The molecule has 43 heavy (non-hydrogen) atoms. The third kappa shape index (κ3) is 5.86. The molecular weight excluding hydrogens is 556 g/mol. The van der Waals surface area contributed by atoms with Crippen LogP contribution in [0.1, 0.15) is 21.6 Å². The van der Waals surface area contributed by atoms with Crippen LogP contribution in [0.2, 0.25) is 0 Å². The highest BCUT2D eigenvalue weighted by Gasteiger charge is 2.18. The number of thiophene rings is 1. The van der Waals surface area contributed by atoms with Gasteiger partial charge in [0.15, 0.2) is 0 Å². The van der Waals surface area contributed by atoms with E-state index in [-0.39, 0.29) is 5.91 Å². The molecule has 0 atom stereocenters. The average Bonchev–Trinajstić information content (AvgIpc) is 3.63. The van der Waals surface area contributed by atoms with E-state index in [1.807, 2.05) is 90.9 Å². The lowest BCUT2D eigenvalue weighted by Crippen LogP contribution is -2.16. The van der Waals surface area contributed by atoms with Crippen molar-refractivity contribution in [2.24, 2.45) is 7.05 Å². The first-order chi connectivity index (χ1) is 21.0. The summed E-state index contributed by atoms with van der Waals surface area (Å²) in [6.45, 7) is 1.63. The lowest BCUT2D eigenvalue weighted by Gasteiger charge is -2.13. The molecule has 0 radical (unpaired) electrons. The van der Waals surface area contributed by atoms with Crippen LogP contribution in [-0.2, 0) is 13.5 Å². The number of amides is 1. The van der Waals surface area contributed by atoms with E-state index >= 15 is 0 Å². The number of nitrogens with two attached hydrogens (primary N) is 1. The van der Waals surface area contributed by atoms with Gasteiger partial charge < -0.3 is 25.7 Å². The number of fused-ring (bicyclic) bond motifs is 2. The predicted octanol–water partition coefficient (Wildman–Crippen LogP) is 6.54. The number of rotatable bonds is 10. The summed E-state index contributed by atoms with van der Waals surface area (Å²) in [7, 11) is 3.49. The highest BCUT2D eigenvalue weighted by atomic mass is 32.1. The number of carbonyl (C=O) groups is 1. The van der Waals surface area contributed by atoms with Gasteiger partial charge in [-0.3, -0.25) is 9.78 Å². The second-order valence-corrected chi connectivity index (χ2v) is 11.1. The van der Waals surface area contributed by atoms with Crippen LogP contribution >= 0.6 is 11.3 Å². The number of hydrogen-bond donors (Lipinski definition) is 3. The van der Waals surface area contributed by atoms with E-state index in [1.54, 1.807) is 18.4 Å². The Morgan fingerprint density at radius 2 is 1.95 bits per heavy atom. The van der Waals surface area contributed by atoms with E-state index in [2.05, 4.69) is 38.1 Å². The fourth-order valence-corrected chi connectivity index (χ4v) is 6.31. The molecule has 0 bridgehead atoms. The Bertz CT molecular complexity index is 1940. The van der Waals surface area contributed by atoms with E-state index in [4.69, 9.17) is 10.5 Å². The second-order valence-electron chi connectivity index (χ2n) is 10.2. The van der Waals surface area contributed by atoms with Crippen LogP contribution in [0.4, 0.5) is 11.5 Å². The van der Waals surface area contributed by atoms with Crippen molar-refractivity contribution >= 4 is 55.8 Å². The Kier molecular flexibility index (Phi) is 8.17. The summed E-state index contributed by atoms with van der Waals surface area (Å²) in [6.07, 6.45) is 10.6. The number of nitrogen functional groups attached to an aromatic ring is 1. The minimum Gasteiger partial charge on any atom is -0.495 e. The standard InChI is InChI=1S/C34H32N6O2S/c1-40-28-8-4-3-6-24(28)18-29(40)34(41)39-27-10-9-23(19-30(27)42-2)26-21-43-32-25(20-38-33(35)31(26)32)7-5-14-36-15-11-22-12-16-37-17-13-22/h3-10,12-13,16-21,36H,11,14-15H2,1-2H3,(H2,35,38)(H,39,41)/b7-5+. The van der Waals surface area contributed by atoms with Crippen molar-refractivity contribution in [3.8, 4) is 16.9 Å². The van der Waals surface area contributed by atoms with Crippen molar-refractivity contribution in [3.63, 3.8) is 0 Å². The van der Waals surface area contributed by atoms with Crippen LogP contribution in [0.3, 0.4) is 0 Å². The molecule has 2 aromatic carbocycles. The van der Waals surface area contributed by atoms with Gasteiger partial charge in [0.2, 0.25) is 0 Å². The Balaban J connectivity index is 1.19. The highest BCUT2D eigenvalue weighted by molar-refractivity contribution is 7.18.